The zero-order valence-electron chi connectivity index (χ0n) is 11.4. The minimum absolute atomic E-state index is 0.0200. The minimum Gasteiger partial charge on any atom is -0.306 e. The van der Waals surface area contributed by atoms with Gasteiger partial charge < -0.3 is 15.1 Å². The van der Waals surface area contributed by atoms with E-state index in [0.717, 1.165) is 25.6 Å². The van der Waals surface area contributed by atoms with Gasteiger partial charge in [-0.25, -0.2) is 0 Å². The van der Waals surface area contributed by atoms with E-state index in [4.69, 9.17) is 5.26 Å². The monoisotopic (exact) mass is 238 g/mol. The Morgan fingerprint density at radius 3 is 2.53 bits per heavy atom. The third-order valence-corrected chi connectivity index (χ3v) is 3.63. The van der Waals surface area contributed by atoms with Crippen molar-refractivity contribution in [3.8, 4) is 6.07 Å². The molecule has 0 aliphatic carbocycles. The van der Waals surface area contributed by atoms with Crippen LogP contribution in [0.2, 0.25) is 0 Å². The molecule has 0 saturated carbocycles. The van der Waals surface area contributed by atoms with Crippen molar-refractivity contribution in [2.45, 2.75) is 38.3 Å². The first-order valence-corrected chi connectivity index (χ1v) is 6.69. The number of rotatable bonds is 6. The first kappa shape index (κ1) is 14.4. The molecule has 0 spiro atoms. The van der Waals surface area contributed by atoms with Crippen LogP contribution in [0.5, 0.6) is 0 Å². The smallest absolute Gasteiger partial charge is 0.0965 e. The summed E-state index contributed by atoms with van der Waals surface area (Å²) >= 11 is 0. The summed E-state index contributed by atoms with van der Waals surface area (Å²) in [5.41, 5.74) is 0. The third-order valence-electron chi connectivity index (χ3n) is 3.63. The lowest BCUT2D eigenvalue weighted by Crippen LogP contribution is -2.43. The summed E-state index contributed by atoms with van der Waals surface area (Å²) < 4.78 is 0. The van der Waals surface area contributed by atoms with E-state index in [2.05, 4.69) is 35.3 Å². The zero-order valence-corrected chi connectivity index (χ0v) is 11.4. The molecule has 1 fully saturated rings. The van der Waals surface area contributed by atoms with Crippen LogP contribution in [0, 0.1) is 11.3 Å². The number of nitriles is 1. The number of nitrogens with one attached hydrogen (secondary N) is 1. The Bertz CT molecular complexity index is 238. The topological polar surface area (TPSA) is 42.3 Å². The van der Waals surface area contributed by atoms with Crippen molar-refractivity contribution in [2.24, 2.45) is 0 Å². The fraction of sp³-hybridized carbons (Fsp3) is 0.923. The van der Waals surface area contributed by atoms with Crippen LogP contribution in [0.25, 0.3) is 0 Å². The summed E-state index contributed by atoms with van der Waals surface area (Å²) in [7, 11) is 4.33. The molecule has 1 unspecified atom stereocenters. The molecule has 1 aliphatic heterocycles. The highest BCUT2D eigenvalue weighted by Gasteiger charge is 2.20. The molecule has 1 heterocycles. The lowest BCUT2D eigenvalue weighted by atomic mass is 10.0. The molecule has 0 aromatic carbocycles. The Labute approximate surface area is 106 Å². The molecule has 1 N–H and O–H groups in total. The van der Waals surface area contributed by atoms with Crippen molar-refractivity contribution in [2.75, 3.05) is 40.3 Å². The highest BCUT2D eigenvalue weighted by molar-refractivity contribution is 4.90. The Morgan fingerprint density at radius 1 is 1.41 bits per heavy atom. The van der Waals surface area contributed by atoms with E-state index < -0.39 is 0 Å². The second kappa shape index (κ2) is 7.65. The number of hydrogen-bond acceptors (Lipinski definition) is 4. The second-order valence-corrected chi connectivity index (χ2v) is 5.06. The average Bonchev–Trinajstić information content (AvgIpc) is 2.35. The van der Waals surface area contributed by atoms with Crippen LogP contribution < -0.4 is 5.32 Å². The van der Waals surface area contributed by atoms with Crippen molar-refractivity contribution in [3.63, 3.8) is 0 Å². The standard InChI is InChI=1S/C13H26N4/c1-4-15-12(11-14)5-8-17-9-6-13(7-10-17)16(2)3/h12-13,15H,4-10H2,1-3H3. The molecule has 0 amide bonds. The summed E-state index contributed by atoms with van der Waals surface area (Å²) in [6.07, 6.45) is 3.45. The Balaban J connectivity index is 2.20. The van der Waals surface area contributed by atoms with Crippen LogP contribution in [0.3, 0.4) is 0 Å². The highest BCUT2D eigenvalue weighted by Crippen LogP contribution is 2.14. The largest absolute Gasteiger partial charge is 0.306 e. The van der Waals surface area contributed by atoms with Crippen LogP contribution in [0.15, 0.2) is 0 Å². The summed E-state index contributed by atoms with van der Waals surface area (Å²) in [5.74, 6) is 0. The van der Waals surface area contributed by atoms with E-state index in [1.807, 2.05) is 6.92 Å². The van der Waals surface area contributed by atoms with Gasteiger partial charge in [0.25, 0.3) is 0 Å². The lowest BCUT2D eigenvalue weighted by Gasteiger charge is -2.35. The maximum atomic E-state index is 8.96. The van der Waals surface area contributed by atoms with Gasteiger partial charge in [-0.15, -0.1) is 0 Å². The van der Waals surface area contributed by atoms with Gasteiger partial charge in [0.15, 0.2) is 0 Å². The van der Waals surface area contributed by atoms with Crippen molar-refractivity contribution in [1.82, 2.24) is 15.1 Å². The van der Waals surface area contributed by atoms with E-state index in [1.54, 1.807) is 0 Å². The summed E-state index contributed by atoms with van der Waals surface area (Å²) in [6.45, 7) is 6.32. The SMILES string of the molecule is CCNC(C#N)CCN1CCC(N(C)C)CC1. The number of hydrogen-bond donors (Lipinski definition) is 1. The normalized spacial score (nSPS) is 20.4. The zero-order chi connectivity index (χ0) is 12.7. The molecule has 1 saturated heterocycles. The molecule has 0 aromatic rings. The Hall–Kier alpha value is -0.630. The van der Waals surface area contributed by atoms with Gasteiger partial charge in [-0.05, 0) is 53.0 Å². The number of nitrogens with zero attached hydrogens (tertiary/aromatic N) is 3. The van der Waals surface area contributed by atoms with Crippen LogP contribution in [0.1, 0.15) is 26.2 Å². The molecule has 4 heteroatoms. The minimum atomic E-state index is 0.0200. The molecule has 0 radical (unpaired) electrons. The molecule has 17 heavy (non-hydrogen) atoms. The lowest BCUT2D eigenvalue weighted by molar-refractivity contribution is 0.142. The van der Waals surface area contributed by atoms with Crippen molar-refractivity contribution >= 4 is 0 Å². The van der Waals surface area contributed by atoms with Gasteiger partial charge in [0.1, 0.15) is 0 Å². The maximum absolute atomic E-state index is 8.96. The van der Waals surface area contributed by atoms with Gasteiger partial charge in [0, 0.05) is 12.6 Å². The van der Waals surface area contributed by atoms with Crippen LogP contribution in [0.4, 0.5) is 0 Å². The van der Waals surface area contributed by atoms with Crippen LogP contribution >= 0.6 is 0 Å². The van der Waals surface area contributed by atoms with E-state index in [-0.39, 0.29) is 6.04 Å². The highest BCUT2D eigenvalue weighted by atomic mass is 15.2. The molecule has 98 valence electrons. The molecule has 1 rings (SSSR count). The van der Waals surface area contributed by atoms with E-state index >= 15 is 0 Å². The average molecular weight is 238 g/mol. The second-order valence-electron chi connectivity index (χ2n) is 5.06. The Kier molecular flexibility index (Phi) is 6.49. The van der Waals surface area contributed by atoms with Gasteiger partial charge in [-0.2, -0.15) is 5.26 Å². The van der Waals surface area contributed by atoms with Crippen molar-refractivity contribution < 1.29 is 0 Å². The third kappa shape index (κ3) is 5.03. The first-order chi connectivity index (χ1) is 8.17. The van der Waals surface area contributed by atoms with Gasteiger partial charge in [-0.3, -0.25) is 0 Å². The summed E-state index contributed by atoms with van der Waals surface area (Å²) in [5, 5.41) is 12.2. The first-order valence-electron chi connectivity index (χ1n) is 6.69. The van der Waals surface area contributed by atoms with Gasteiger partial charge in [0.05, 0.1) is 12.1 Å². The quantitative estimate of drug-likeness (QED) is 0.747. The van der Waals surface area contributed by atoms with Crippen LogP contribution in [-0.4, -0.2) is 62.2 Å². The van der Waals surface area contributed by atoms with Crippen molar-refractivity contribution in [3.05, 3.63) is 0 Å². The van der Waals surface area contributed by atoms with E-state index in [9.17, 15) is 0 Å². The Morgan fingerprint density at radius 2 is 2.06 bits per heavy atom. The van der Waals surface area contributed by atoms with Gasteiger partial charge >= 0.3 is 0 Å². The van der Waals surface area contributed by atoms with E-state index in [1.165, 1.54) is 25.9 Å². The fourth-order valence-electron chi connectivity index (χ4n) is 2.43. The number of piperidine rings is 1. The predicted molar refractivity (Wildman–Crippen MR) is 70.8 cm³/mol. The molecule has 1 atom stereocenters. The summed E-state index contributed by atoms with van der Waals surface area (Å²) in [4.78, 5) is 4.82. The van der Waals surface area contributed by atoms with Crippen LogP contribution in [-0.2, 0) is 0 Å². The predicted octanol–water partition coefficient (Wildman–Crippen LogP) is 0.904. The van der Waals surface area contributed by atoms with E-state index in [0.29, 0.717) is 0 Å². The molecule has 1 aliphatic rings. The molecular formula is C13H26N4. The number of likely N-dealkylation sites (tertiary alicyclic amines) is 1. The fourth-order valence-corrected chi connectivity index (χ4v) is 2.43. The molecular weight excluding hydrogens is 212 g/mol. The molecule has 0 bridgehead atoms. The summed E-state index contributed by atoms with van der Waals surface area (Å²) in [6, 6.07) is 3.09. The maximum Gasteiger partial charge on any atom is 0.0965 e. The van der Waals surface area contributed by atoms with Gasteiger partial charge in [-0.1, -0.05) is 6.92 Å². The molecule has 4 nitrogen and oxygen atoms in total. The van der Waals surface area contributed by atoms with Crippen molar-refractivity contribution in [1.29, 1.82) is 5.26 Å². The van der Waals surface area contributed by atoms with Gasteiger partial charge in [0.2, 0.25) is 0 Å². The molecule has 0 aromatic heterocycles.